The number of rotatable bonds is 5. The molecule has 0 saturated heterocycles. The number of nitrogens with zero attached hydrogens (tertiary/aromatic N) is 2. The first-order valence-corrected chi connectivity index (χ1v) is 11.5. The minimum absolute atomic E-state index is 0.109. The molecular formula is C28H27ClN2O3. The first-order valence-electron chi connectivity index (χ1n) is 11.1. The van der Waals surface area contributed by atoms with Crippen LogP contribution >= 0.6 is 11.6 Å². The van der Waals surface area contributed by atoms with Gasteiger partial charge in [0.2, 0.25) is 0 Å². The van der Waals surface area contributed by atoms with Crippen LogP contribution in [0.4, 0.5) is 0 Å². The van der Waals surface area contributed by atoms with Crippen LogP contribution in [-0.4, -0.2) is 27.5 Å². The highest BCUT2D eigenvalue weighted by Crippen LogP contribution is 2.35. The lowest BCUT2D eigenvalue weighted by atomic mass is 10.0. The van der Waals surface area contributed by atoms with Crippen molar-refractivity contribution in [3.8, 4) is 16.8 Å². The molecule has 1 aliphatic heterocycles. The van der Waals surface area contributed by atoms with Gasteiger partial charge in [-0.1, -0.05) is 48.0 Å². The van der Waals surface area contributed by atoms with Crippen molar-refractivity contribution >= 4 is 29.4 Å². The maximum Gasteiger partial charge on any atom is 0.344 e. The molecule has 0 unspecified atom stereocenters. The number of carbonyl (C=O) groups excluding carboxylic acids is 1. The number of para-hydroxylation sites is 1. The number of carbonyl (C=O) groups is 1. The van der Waals surface area contributed by atoms with E-state index in [2.05, 4.69) is 21.7 Å². The number of esters is 1. The zero-order valence-corrected chi connectivity index (χ0v) is 20.6. The average Bonchev–Trinajstić information content (AvgIpc) is 3.22. The van der Waals surface area contributed by atoms with Crippen LogP contribution < -0.4 is 0 Å². The third-order valence-electron chi connectivity index (χ3n) is 5.75. The molecule has 6 heteroatoms. The molecule has 1 aliphatic rings. The van der Waals surface area contributed by atoms with E-state index in [0.29, 0.717) is 16.4 Å². The Hall–Kier alpha value is -3.57. The molecule has 0 radical (unpaired) electrons. The fourth-order valence-electron chi connectivity index (χ4n) is 4.23. The predicted molar refractivity (Wildman–Crippen MR) is 138 cm³/mol. The standard InChI is InChI=1S/C28H27ClN2O3/c1-16(2)34-28(33)26-18(4)30-24(27(26)32)15-20-14-17(3)31(19(20)5)25-13-9-7-11-22(25)21-10-6-8-12-23(21)29/h6-16,32H,1-5H3. The number of aliphatic hydroxyl groups excluding tert-OH is 1. The highest BCUT2D eigenvalue weighted by Gasteiger charge is 2.28. The Kier molecular flexibility index (Phi) is 6.49. The molecule has 5 nitrogen and oxygen atoms in total. The van der Waals surface area contributed by atoms with Crippen LogP contribution in [0.25, 0.3) is 22.9 Å². The Morgan fingerprint density at radius 3 is 2.38 bits per heavy atom. The summed E-state index contributed by atoms with van der Waals surface area (Å²) in [4.78, 5) is 16.9. The van der Waals surface area contributed by atoms with Gasteiger partial charge in [0.15, 0.2) is 5.76 Å². The number of benzene rings is 2. The Morgan fingerprint density at radius 1 is 1.06 bits per heavy atom. The number of hydrogen-bond acceptors (Lipinski definition) is 4. The second-order valence-electron chi connectivity index (χ2n) is 8.56. The van der Waals surface area contributed by atoms with Crippen molar-refractivity contribution in [3.63, 3.8) is 0 Å². The maximum absolute atomic E-state index is 12.4. The van der Waals surface area contributed by atoms with Crippen molar-refractivity contribution < 1.29 is 14.6 Å². The molecule has 1 N–H and O–H groups in total. The van der Waals surface area contributed by atoms with Crippen molar-refractivity contribution in [1.82, 2.24) is 4.57 Å². The summed E-state index contributed by atoms with van der Waals surface area (Å²) in [7, 11) is 0. The molecule has 4 rings (SSSR count). The van der Waals surface area contributed by atoms with Gasteiger partial charge in [-0.15, -0.1) is 0 Å². The zero-order valence-electron chi connectivity index (χ0n) is 19.9. The number of aromatic nitrogens is 1. The first kappa shape index (κ1) is 23.6. The zero-order chi connectivity index (χ0) is 24.6. The Morgan fingerprint density at radius 2 is 1.71 bits per heavy atom. The van der Waals surface area contributed by atoms with Crippen molar-refractivity contribution in [3.05, 3.63) is 93.6 Å². The second kappa shape index (κ2) is 9.35. The molecule has 1 aromatic heterocycles. The number of aryl methyl sites for hydroxylation is 1. The average molecular weight is 475 g/mol. The number of hydrogen-bond donors (Lipinski definition) is 1. The molecular weight excluding hydrogens is 448 g/mol. The number of ether oxygens (including phenoxy) is 1. The minimum atomic E-state index is -0.573. The molecule has 0 aliphatic carbocycles. The van der Waals surface area contributed by atoms with E-state index in [1.165, 1.54) is 0 Å². The summed E-state index contributed by atoms with van der Waals surface area (Å²) in [5, 5.41) is 11.4. The summed E-state index contributed by atoms with van der Waals surface area (Å²) in [5.41, 5.74) is 6.75. The van der Waals surface area contributed by atoms with Crippen LogP contribution in [0.3, 0.4) is 0 Å². The van der Waals surface area contributed by atoms with Crippen molar-refractivity contribution in [2.24, 2.45) is 4.99 Å². The summed E-state index contributed by atoms with van der Waals surface area (Å²) in [6, 6.07) is 17.9. The van der Waals surface area contributed by atoms with E-state index in [1.807, 2.05) is 56.3 Å². The third-order valence-corrected chi connectivity index (χ3v) is 6.08. The fraction of sp³-hybridized carbons (Fsp3) is 0.214. The fourth-order valence-corrected chi connectivity index (χ4v) is 4.47. The van der Waals surface area contributed by atoms with Crippen LogP contribution in [-0.2, 0) is 9.53 Å². The molecule has 0 amide bonds. The van der Waals surface area contributed by atoms with Crippen molar-refractivity contribution in [1.29, 1.82) is 0 Å². The van der Waals surface area contributed by atoms with Crippen LogP contribution in [0.5, 0.6) is 0 Å². The second-order valence-corrected chi connectivity index (χ2v) is 8.97. The molecule has 34 heavy (non-hydrogen) atoms. The summed E-state index contributed by atoms with van der Waals surface area (Å²) >= 11 is 6.51. The SMILES string of the molecule is CC1=NC(=Cc2cc(C)n(-c3ccccc3-c3ccccc3Cl)c2C)C(O)=C1C(=O)OC(C)C. The van der Waals surface area contributed by atoms with Gasteiger partial charge < -0.3 is 14.4 Å². The van der Waals surface area contributed by atoms with E-state index in [9.17, 15) is 9.90 Å². The number of aliphatic imine (C=N–C) groups is 1. The van der Waals surface area contributed by atoms with Crippen LogP contribution in [0.15, 0.2) is 76.6 Å². The van der Waals surface area contributed by atoms with E-state index in [-0.39, 0.29) is 17.4 Å². The van der Waals surface area contributed by atoms with Gasteiger partial charge in [-0.05, 0) is 64.5 Å². The normalized spacial score (nSPS) is 14.8. The third kappa shape index (κ3) is 4.31. The van der Waals surface area contributed by atoms with E-state index < -0.39 is 5.97 Å². The molecule has 2 aromatic carbocycles. The number of halogens is 1. The van der Waals surface area contributed by atoms with Crippen LogP contribution in [0.1, 0.15) is 37.7 Å². The van der Waals surface area contributed by atoms with Crippen molar-refractivity contribution in [2.75, 3.05) is 0 Å². The summed E-state index contributed by atoms with van der Waals surface area (Å²) in [6.45, 7) is 9.27. The lowest BCUT2D eigenvalue weighted by Gasteiger charge is -2.16. The largest absolute Gasteiger partial charge is 0.505 e. The number of aliphatic hydroxyl groups is 1. The van der Waals surface area contributed by atoms with Gasteiger partial charge in [-0.3, -0.25) is 0 Å². The molecule has 0 saturated carbocycles. The van der Waals surface area contributed by atoms with Gasteiger partial charge >= 0.3 is 5.97 Å². The van der Waals surface area contributed by atoms with Gasteiger partial charge in [-0.25, -0.2) is 9.79 Å². The van der Waals surface area contributed by atoms with Gasteiger partial charge in [0, 0.05) is 27.5 Å². The van der Waals surface area contributed by atoms with Crippen LogP contribution in [0, 0.1) is 13.8 Å². The predicted octanol–water partition coefficient (Wildman–Crippen LogP) is 6.99. The molecule has 3 aromatic rings. The Bertz CT molecular complexity index is 1380. The highest BCUT2D eigenvalue weighted by molar-refractivity contribution is 6.33. The molecule has 2 heterocycles. The van der Waals surface area contributed by atoms with Gasteiger partial charge in [0.25, 0.3) is 0 Å². The monoisotopic (exact) mass is 474 g/mol. The lowest BCUT2D eigenvalue weighted by molar-refractivity contribution is -0.142. The Balaban J connectivity index is 1.79. The first-order chi connectivity index (χ1) is 16.2. The molecule has 0 fully saturated rings. The topological polar surface area (TPSA) is 63.8 Å². The van der Waals surface area contributed by atoms with E-state index in [4.69, 9.17) is 16.3 Å². The Labute approximate surface area is 204 Å². The molecule has 0 spiro atoms. The molecule has 174 valence electrons. The van der Waals surface area contributed by atoms with Gasteiger partial charge in [0.05, 0.1) is 17.5 Å². The lowest BCUT2D eigenvalue weighted by Crippen LogP contribution is -2.17. The van der Waals surface area contributed by atoms with Gasteiger partial charge in [-0.2, -0.15) is 0 Å². The minimum Gasteiger partial charge on any atom is -0.505 e. The summed E-state index contributed by atoms with van der Waals surface area (Å²) in [6.07, 6.45) is 1.51. The van der Waals surface area contributed by atoms with E-state index in [0.717, 1.165) is 33.8 Å². The van der Waals surface area contributed by atoms with Gasteiger partial charge in [0.1, 0.15) is 11.3 Å². The quantitative estimate of drug-likeness (QED) is 0.405. The smallest absolute Gasteiger partial charge is 0.344 e. The maximum atomic E-state index is 12.4. The summed E-state index contributed by atoms with van der Waals surface area (Å²) in [5.74, 6) is -0.735. The van der Waals surface area contributed by atoms with Crippen LogP contribution in [0.2, 0.25) is 5.02 Å². The molecule has 0 bridgehead atoms. The molecule has 0 atom stereocenters. The van der Waals surface area contributed by atoms with E-state index in [1.54, 1.807) is 26.8 Å². The summed E-state index contributed by atoms with van der Waals surface area (Å²) < 4.78 is 7.42. The van der Waals surface area contributed by atoms with Crippen molar-refractivity contribution in [2.45, 2.75) is 40.7 Å². The highest BCUT2D eigenvalue weighted by atomic mass is 35.5. The van der Waals surface area contributed by atoms with E-state index >= 15 is 0 Å².